The molecule has 1 rings (SSSR count). The summed E-state index contributed by atoms with van der Waals surface area (Å²) in [5, 5.41) is 23.3. The summed E-state index contributed by atoms with van der Waals surface area (Å²) in [6.07, 6.45) is 0.571. The van der Waals surface area contributed by atoms with Crippen molar-refractivity contribution in [3.63, 3.8) is 0 Å². The van der Waals surface area contributed by atoms with Gasteiger partial charge in [0.25, 0.3) is 0 Å². The summed E-state index contributed by atoms with van der Waals surface area (Å²) in [5.74, 6) is 0. The second-order valence-corrected chi connectivity index (χ2v) is 4.54. The van der Waals surface area contributed by atoms with Crippen molar-refractivity contribution < 1.29 is 10.2 Å². The van der Waals surface area contributed by atoms with Crippen LogP contribution in [0.4, 0.5) is 0 Å². The minimum atomic E-state index is -0.446. The Bertz CT molecular complexity index is 201. The first-order chi connectivity index (χ1) is 7.06. The predicted molar refractivity (Wildman–Crippen MR) is 60.6 cm³/mol. The number of piperazine rings is 1. The third kappa shape index (κ3) is 2.50. The fraction of sp³-hybridized carbons (Fsp3) is 1.00. The Morgan fingerprint density at radius 2 is 2.00 bits per heavy atom. The third-order valence-corrected chi connectivity index (χ3v) is 3.50. The lowest BCUT2D eigenvalue weighted by atomic mass is 9.88. The molecule has 0 aromatic rings. The van der Waals surface area contributed by atoms with Gasteiger partial charge >= 0.3 is 0 Å². The first-order valence-electron chi connectivity index (χ1n) is 5.89. The van der Waals surface area contributed by atoms with E-state index < -0.39 is 12.3 Å². The van der Waals surface area contributed by atoms with Gasteiger partial charge in [-0.25, -0.2) is 0 Å². The predicted octanol–water partition coefficient (Wildman–Crippen LogP) is 0.150. The topological polar surface area (TPSA) is 55.7 Å². The van der Waals surface area contributed by atoms with Gasteiger partial charge in [-0.2, -0.15) is 0 Å². The van der Waals surface area contributed by atoms with Gasteiger partial charge in [-0.15, -0.1) is 0 Å². The van der Waals surface area contributed by atoms with Crippen molar-refractivity contribution in [1.82, 2.24) is 10.2 Å². The van der Waals surface area contributed by atoms with Crippen LogP contribution in [0.15, 0.2) is 0 Å². The lowest BCUT2D eigenvalue weighted by molar-refractivity contribution is -0.121. The number of hydrogen-bond acceptors (Lipinski definition) is 4. The highest BCUT2D eigenvalue weighted by Gasteiger charge is 2.42. The summed E-state index contributed by atoms with van der Waals surface area (Å²) in [6, 6.07) is 0. The lowest BCUT2D eigenvalue weighted by Crippen LogP contribution is -2.67. The maximum Gasteiger partial charge on any atom is 0.107 e. The normalized spacial score (nSPS) is 32.6. The Morgan fingerprint density at radius 1 is 1.33 bits per heavy atom. The van der Waals surface area contributed by atoms with E-state index in [4.69, 9.17) is 0 Å². The van der Waals surface area contributed by atoms with Crippen molar-refractivity contribution in [2.75, 3.05) is 19.6 Å². The van der Waals surface area contributed by atoms with Crippen molar-refractivity contribution in [3.8, 4) is 0 Å². The van der Waals surface area contributed by atoms with Crippen LogP contribution in [0.5, 0.6) is 0 Å². The number of rotatable bonds is 4. The van der Waals surface area contributed by atoms with Gasteiger partial charge in [0, 0.05) is 19.6 Å². The summed E-state index contributed by atoms with van der Waals surface area (Å²) in [6.45, 7) is 8.36. The third-order valence-electron chi connectivity index (χ3n) is 3.50. The maximum atomic E-state index is 10.1. The van der Waals surface area contributed by atoms with Gasteiger partial charge in [0.05, 0.1) is 11.6 Å². The van der Waals surface area contributed by atoms with Crippen LogP contribution in [0.2, 0.25) is 0 Å². The molecule has 3 N–H and O–H groups in total. The van der Waals surface area contributed by atoms with Crippen molar-refractivity contribution in [2.24, 2.45) is 0 Å². The van der Waals surface area contributed by atoms with E-state index in [1.54, 1.807) is 0 Å². The van der Waals surface area contributed by atoms with Crippen LogP contribution in [0.25, 0.3) is 0 Å². The Labute approximate surface area is 92.3 Å². The molecule has 1 aliphatic heterocycles. The second kappa shape index (κ2) is 5.25. The van der Waals surface area contributed by atoms with E-state index in [0.717, 1.165) is 19.6 Å². The van der Waals surface area contributed by atoms with Crippen LogP contribution in [-0.4, -0.2) is 52.6 Å². The molecule has 15 heavy (non-hydrogen) atoms. The number of nitrogens with one attached hydrogen (secondary N) is 1. The molecule has 0 spiro atoms. The molecule has 1 fully saturated rings. The molecular formula is C11H24N2O2. The molecule has 0 radical (unpaired) electrons. The van der Waals surface area contributed by atoms with Crippen molar-refractivity contribution in [2.45, 2.75) is 51.5 Å². The molecular weight excluding hydrogens is 192 g/mol. The molecule has 0 amide bonds. The summed E-state index contributed by atoms with van der Waals surface area (Å²) in [7, 11) is 0. The van der Waals surface area contributed by atoms with Crippen LogP contribution in [-0.2, 0) is 0 Å². The van der Waals surface area contributed by atoms with Crippen LogP contribution in [0.1, 0.15) is 33.6 Å². The molecule has 3 atom stereocenters. The quantitative estimate of drug-likeness (QED) is 0.626. The van der Waals surface area contributed by atoms with E-state index in [2.05, 4.69) is 5.32 Å². The van der Waals surface area contributed by atoms with Gasteiger partial charge in [-0.1, -0.05) is 13.8 Å². The van der Waals surface area contributed by atoms with Crippen LogP contribution >= 0.6 is 0 Å². The maximum absolute atomic E-state index is 10.1. The fourth-order valence-electron chi connectivity index (χ4n) is 2.36. The van der Waals surface area contributed by atoms with Gasteiger partial charge in [0.1, 0.15) is 6.23 Å². The second-order valence-electron chi connectivity index (χ2n) is 4.54. The average Bonchev–Trinajstić information content (AvgIpc) is 2.27. The molecule has 0 aromatic carbocycles. The SMILES string of the molecule is CCC(O)N1CCNCC1(C)C(O)CC. The zero-order valence-electron chi connectivity index (χ0n) is 10.0. The fourth-order valence-corrected chi connectivity index (χ4v) is 2.36. The number of aliphatic hydroxyl groups is 2. The highest BCUT2D eigenvalue weighted by Crippen LogP contribution is 2.25. The molecule has 4 nitrogen and oxygen atoms in total. The van der Waals surface area contributed by atoms with Crippen LogP contribution in [0, 0.1) is 0 Å². The molecule has 3 unspecified atom stereocenters. The minimum absolute atomic E-state index is 0.345. The van der Waals surface area contributed by atoms with E-state index in [1.165, 1.54) is 0 Å². The Hall–Kier alpha value is -0.160. The van der Waals surface area contributed by atoms with Gasteiger partial charge in [0.15, 0.2) is 0 Å². The summed E-state index contributed by atoms with van der Waals surface area (Å²) >= 11 is 0. The number of hydrogen-bond donors (Lipinski definition) is 3. The molecule has 0 aliphatic carbocycles. The summed E-state index contributed by atoms with van der Waals surface area (Å²) in [4.78, 5) is 2.03. The molecule has 0 aromatic heterocycles. The van der Waals surface area contributed by atoms with Gasteiger partial charge in [-0.3, -0.25) is 4.90 Å². The molecule has 1 saturated heterocycles. The summed E-state index contributed by atoms with van der Waals surface area (Å²) in [5.41, 5.74) is -0.345. The number of aliphatic hydroxyl groups excluding tert-OH is 2. The minimum Gasteiger partial charge on any atom is -0.391 e. The number of nitrogens with zero attached hydrogens (tertiary/aromatic N) is 1. The van der Waals surface area contributed by atoms with E-state index in [9.17, 15) is 10.2 Å². The first-order valence-corrected chi connectivity index (χ1v) is 5.89. The van der Waals surface area contributed by atoms with E-state index in [0.29, 0.717) is 12.8 Å². The average molecular weight is 216 g/mol. The zero-order chi connectivity index (χ0) is 11.5. The Kier molecular flexibility index (Phi) is 4.52. The largest absolute Gasteiger partial charge is 0.391 e. The monoisotopic (exact) mass is 216 g/mol. The van der Waals surface area contributed by atoms with Crippen molar-refractivity contribution in [3.05, 3.63) is 0 Å². The van der Waals surface area contributed by atoms with Gasteiger partial charge in [-0.05, 0) is 19.8 Å². The standard InChI is InChI=1S/C11H24N2O2/c1-4-9(14)11(3)8-12-6-7-13(11)10(15)5-2/h9-10,12,14-15H,4-8H2,1-3H3. The van der Waals surface area contributed by atoms with E-state index in [-0.39, 0.29) is 5.54 Å². The van der Waals surface area contributed by atoms with Crippen LogP contribution in [0.3, 0.4) is 0 Å². The smallest absolute Gasteiger partial charge is 0.107 e. The lowest BCUT2D eigenvalue weighted by Gasteiger charge is -2.49. The van der Waals surface area contributed by atoms with E-state index in [1.807, 2.05) is 25.7 Å². The highest BCUT2D eigenvalue weighted by atomic mass is 16.3. The van der Waals surface area contributed by atoms with Gasteiger partial charge < -0.3 is 15.5 Å². The summed E-state index contributed by atoms with van der Waals surface area (Å²) < 4.78 is 0. The first kappa shape index (κ1) is 12.9. The highest BCUT2D eigenvalue weighted by molar-refractivity contribution is 4.98. The van der Waals surface area contributed by atoms with Crippen LogP contribution < -0.4 is 5.32 Å². The molecule has 1 heterocycles. The Morgan fingerprint density at radius 3 is 2.53 bits per heavy atom. The Balaban J connectivity index is 2.80. The van der Waals surface area contributed by atoms with Crippen molar-refractivity contribution >= 4 is 0 Å². The molecule has 4 heteroatoms. The molecule has 90 valence electrons. The molecule has 1 aliphatic rings. The van der Waals surface area contributed by atoms with E-state index >= 15 is 0 Å². The molecule has 0 saturated carbocycles. The zero-order valence-corrected chi connectivity index (χ0v) is 10.0. The molecule has 0 bridgehead atoms. The van der Waals surface area contributed by atoms with Crippen molar-refractivity contribution in [1.29, 1.82) is 0 Å². The van der Waals surface area contributed by atoms with Gasteiger partial charge in [0.2, 0.25) is 0 Å².